The van der Waals surface area contributed by atoms with Gasteiger partial charge in [0.15, 0.2) is 0 Å². The molecule has 1 aliphatic rings. The van der Waals surface area contributed by atoms with Crippen LogP contribution in [0.2, 0.25) is 0 Å². The van der Waals surface area contributed by atoms with Crippen LogP contribution in [0.4, 0.5) is 10.1 Å². The summed E-state index contributed by atoms with van der Waals surface area (Å²) < 4.78 is 13.6. The van der Waals surface area contributed by atoms with Crippen molar-refractivity contribution in [2.75, 3.05) is 11.4 Å². The van der Waals surface area contributed by atoms with E-state index in [4.69, 9.17) is 5.73 Å². The van der Waals surface area contributed by atoms with Crippen molar-refractivity contribution in [1.29, 1.82) is 0 Å². The van der Waals surface area contributed by atoms with Crippen LogP contribution in [0.5, 0.6) is 0 Å². The number of halogens is 1. The molecule has 0 amide bonds. The lowest BCUT2D eigenvalue weighted by molar-refractivity contribution is 0.611. The molecule has 1 unspecified atom stereocenters. The van der Waals surface area contributed by atoms with Gasteiger partial charge in [-0.2, -0.15) is 0 Å². The average molecular weight is 278 g/mol. The molecule has 1 fully saturated rings. The summed E-state index contributed by atoms with van der Waals surface area (Å²) in [5.74, 6) is -0.154. The van der Waals surface area contributed by atoms with Gasteiger partial charge in [-0.25, -0.2) is 4.39 Å². The molecule has 2 N–H and O–H groups in total. The van der Waals surface area contributed by atoms with E-state index >= 15 is 0 Å². The highest BCUT2D eigenvalue weighted by molar-refractivity contribution is 5.56. The van der Waals surface area contributed by atoms with Crippen LogP contribution in [-0.4, -0.2) is 18.6 Å². The molecule has 2 nitrogen and oxygen atoms in total. The fourth-order valence-electron chi connectivity index (χ4n) is 2.64. The van der Waals surface area contributed by atoms with Crippen LogP contribution in [-0.2, 0) is 6.42 Å². The summed E-state index contributed by atoms with van der Waals surface area (Å²) in [5, 5.41) is 0. The van der Waals surface area contributed by atoms with E-state index in [1.807, 2.05) is 6.07 Å². The summed E-state index contributed by atoms with van der Waals surface area (Å²) in [5.41, 5.74) is 8.35. The van der Waals surface area contributed by atoms with Gasteiger partial charge in [-0.15, -0.1) is 0 Å². The maximum atomic E-state index is 13.6. The molecule has 0 radical (unpaired) electrons. The third kappa shape index (κ3) is 3.95. The number of rotatable bonds is 8. The third-order valence-corrected chi connectivity index (χ3v) is 4.10. The second-order valence-electron chi connectivity index (χ2n) is 5.92. The molecule has 0 bridgehead atoms. The van der Waals surface area contributed by atoms with E-state index in [2.05, 4.69) is 18.7 Å². The van der Waals surface area contributed by atoms with E-state index < -0.39 is 0 Å². The summed E-state index contributed by atoms with van der Waals surface area (Å²) in [7, 11) is 0. The lowest BCUT2D eigenvalue weighted by Crippen LogP contribution is -2.29. The Hall–Kier alpha value is -1.09. The first-order valence-electron chi connectivity index (χ1n) is 7.96. The molecule has 3 heteroatoms. The Bertz CT molecular complexity index is 429. The van der Waals surface area contributed by atoms with Crippen molar-refractivity contribution in [3.05, 3.63) is 29.6 Å². The summed E-state index contributed by atoms with van der Waals surface area (Å²) in [4.78, 5) is 2.47. The number of benzene rings is 1. The van der Waals surface area contributed by atoms with Crippen molar-refractivity contribution in [2.45, 2.75) is 64.5 Å². The SMILES string of the molecule is CCCCN(c1ccc(F)cc1CC(N)CC)C1CC1. The van der Waals surface area contributed by atoms with Crippen LogP contribution in [0, 0.1) is 5.82 Å². The first-order chi connectivity index (χ1) is 9.65. The van der Waals surface area contributed by atoms with E-state index in [9.17, 15) is 4.39 Å². The molecular weight excluding hydrogens is 251 g/mol. The highest BCUT2D eigenvalue weighted by Gasteiger charge is 2.30. The largest absolute Gasteiger partial charge is 0.368 e. The van der Waals surface area contributed by atoms with Crippen LogP contribution < -0.4 is 10.6 Å². The van der Waals surface area contributed by atoms with Gasteiger partial charge in [0.25, 0.3) is 0 Å². The molecule has 1 aromatic carbocycles. The molecule has 1 aromatic rings. The first kappa shape index (κ1) is 15.3. The number of hydrogen-bond acceptors (Lipinski definition) is 2. The van der Waals surface area contributed by atoms with E-state index in [1.165, 1.54) is 31.4 Å². The standard InChI is InChI=1S/C17H27FN2/c1-3-5-10-20(16-7-8-16)17-9-6-14(18)11-13(17)12-15(19)4-2/h6,9,11,15-16H,3-5,7-8,10,12,19H2,1-2H3. The molecule has 0 heterocycles. The van der Waals surface area contributed by atoms with Gasteiger partial charge in [0.2, 0.25) is 0 Å². The van der Waals surface area contributed by atoms with Crippen LogP contribution in [0.1, 0.15) is 51.5 Å². The monoisotopic (exact) mass is 278 g/mol. The molecule has 0 saturated heterocycles. The zero-order valence-corrected chi connectivity index (χ0v) is 12.7. The van der Waals surface area contributed by atoms with Gasteiger partial charge in [-0.3, -0.25) is 0 Å². The Kier molecular flexibility index (Phi) is 5.41. The Morgan fingerprint density at radius 3 is 2.70 bits per heavy atom. The normalized spacial score (nSPS) is 16.2. The maximum absolute atomic E-state index is 13.6. The van der Waals surface area contributed by atoms with E-state index in [-0.39, 0.29) is 11.9 Å². The number of anilines is 1. The number of hydrogen-bond donors (Lipinski definition) is 1. The summed E-state index contributed by atoms with van der Waals surface area (Å²) >= 11 is 0. The van der Waals surface area contributed by atoms with E-state index in [0.29, 0.717) is 6.04 Å². The minimum atomic E-state index is -0.154. The van der Waals surface area contributed by atoms with Gasteiger partial charge in [-0.05, 0) is 55.9 Å². The van der Waals surface area contributed by atoms with Crippen LogP contribution >= 0.6 is 0 Å². The molecular formula is C17H27FN2. The fourth-order valence-corrected chi connectivity index (χ4v) is 2.64. The molecule has 112 valence electrons. The second-order valence-corrected chi connectivity index (χ2v) is 5.92. The lowest BCUT2D eigenvalue weighted by Gasteiger charge is -2.28. The molecule has 1 atom stereocenters. The predicted molar refractivity (Wildman–Crippen MR) is 83.6 cm³/mol. The highest BCUT2D eigenvalue weighted by atomic mass is 19.1. The molecule has 1 aliphatic carbocycles. The topological polar surface area (TPSA) is 29.3 Å². The van der Waals surface area contributed by atoms with Crippen LogP contribution in [0.3, 0.4) is 0 Å². The van der Waals surface area contributed by atoms with Gasteiger partial charge in [0.05, 0.1) is 0 Å². The minimum absolute atomic E-state index is 0.114. The predicted octanol–water partition coefficient (Wildman–Crippen LogP) is 3.87. The Labute approximate surface area is 122 Å². The molecule has 0 aliphatic heterocycles. The summed E-state index contributed by atoms with van der Waals surface area (Å²) in [6, 6.07) is 5.97. The van der Waals surface area contributed by atoms with Gasteiger partial charge >= 0.3 is 0 Å². The van der Waals surface area contributed by atoms with Crippen LogP contribution in [0.15, 0.2) is 18.2 Å². The van der Waals surface area contributed by atoms with Gasteiger partial charge in [0, 0.05) is 24.3 Å². The Balaban J connectivity index is 2.22. The summed E-state index contributed by atoms with van der Waals surface area (Å²) in [6.45, 7) is 5.37. The first-order valence-corrected chi connectivity index (χ1v) is 7.96. The molecule has 1 saturated carbocycles. The number of nitrogens with two attached hydrogens (primary N) is 1. The maximum Gasteiger partial charge on any atom is 0.123 e. The number of nitrogens with zero attached hydrogens (tertiary/aromatic N) is 1. The molecule has 0 aromatic heterocycles. The van der Waals surface area contributed by atoms with Crippen LogP contribution in [0.25, 0.3) is 0 Å². The minimum Gasteiger partial charge on any atom is -0.368 e. The van der Waals surface area contributed by atoms with Crippen molar-refractivity contribution in [1.82, 2.24) is 0 Å². The smallest absolute Gasteiger partial charge is 0.123 e. The van der Waals surface area contributed by atoms with Gasteiger partial charge in [-0.1, -0.05) is 20.3 Å². The van der Waals surface area contributed by atoms with Crippen molar-refractivity contribution >= 4 is 5.69 Å². The zero-order valence-electron chi connectivity index (χ0n) is 12.7. The van der Waals surface area contributed by atoms with Gasteiger partial charge in [0.1, 0.15) is 5.82 Å². The molecule has 2 rings (SSSR count). The lowest BCUT2D eigenvalue weighted by atomic mass is 10.0. The fraction of sp³-hybridized carbons (Fsp3) is 0.647. The average Bonchev–Trinajstić information content (AvgIpc) is 3.25. The molecule has 20 heavy (non-hydrogen) atoms. The van der Waals surface area contributed by atoms with Crippen molar-refractivity contribution in [3.8, 4) is 0 Å². The third-order valence-electron chi connectivity index (χ3n) is 4.10. The molecule has 0 spiro atoms. The van der Waals surface area contributed by atoms with Crippen molar-refractivity contribution in [2.24, 2.45) is 5.73 Å². The highest BCUT2D eigenvalue weighted by Crippen LogP contribution is 2.34. The summed E-state index contributed by atoms with van der Waals surface area (Å²) in [6.07, 6.45) is 6.59. The van der Waals surface area contributed by atoms with Gasteiger partial charge < -0.3 is 10.6 Å². The quantitative estimate of drug-likeness (QED) is 0.782. The Morgan fingerprint density at radius 2 is 2.10 bits per heavy atom. The number of unbranched alkanes of at least 4 members (excludes halogenated alkanes) is 1. The zero-order chi connectivity index (χ0) is 14.5. The second kappa shape index (κ2) is 7.07. The van der Waals surface area contributed by atoms with E-state index in [0.717, 1.165) is 24.9 Å². The van der Waals surface area contributed by atoms with E-state index in [1.54, 1.807) is 12.1 Å². The Morgan fingerprint density at radius 1 is 1.35 bits per heavy atom. The van der Waals surface area contributed by atoms with Crippen molar-refractivity contribution in [3.63, 3.8) is 0 Å². The van der Waals surface area contributed by atoms with Crippen molar-refractivity contribution < 1.29 is 4.39 Å².